The SMILES string of the molecule is N#CC(O)(C#N)C1(F)CCCCC1. The molecule has 1 rings (SSSR count). The van der Waals surface area contributed by atoms with Crippen LogP contribution in [-0.4, -0.2) is 16.4 Å². The number of hydrogen-bond acceptors (Lipinski definition) is 3. The van der Waals surface area contributed by atoms with Crippen LogP contribution in [0.25, 0.3) is 0 Å². The number of nitriles is 2. The maximum absolute atomic E-state index is 13.9. The Hall–Kier alpha value is -1.13. The summed E-state index contributed by atoms with van der Waals surface area (Å²) in [6.45, 7) is 0. The molecule has 1 N–H and O–H groups in total. The number of alkyl halides is 1. The Morgan fingerprint density at radius 3 is 2.00 bits per heavy atom. The second kappa shape index (κ2) is 3.32. The fraction of sp³-hybridized carbons (Fsp3) is 0.778. The van der Waals surface area contributed by atoms with E-state index in [1.807, 2.05) is 0 Å². The van der Waals surface area contributed by atoms with Gasteiger partial charge in [-0.3, -0.25) is 0 Å². The lowest BCUT2D eigenvalue weighted by molar-refractivity contribution is -0.0478. The van der Waals surface area contributed by atoms with E-state index >= 15 is 0 Å². The normalized spacial score (nSPS) is 21.5. The van der Waals surface area contributed by atoms with E-state index in [4.69, 9.17) is 10.5 Å². The Labute approximate surface area is 76.4 Å². The van der Waals surface area contributed by atoms with Crippen molar-refractivity contribution in [2.45, 2.75) is 43.4 Å². The quantitative estimate of drug-likeness (QED) is 0.624. The molecular formula is C9H11FN2O. The van der Waals surface area contributed by atoms with Gasteiger partial charge in [0.15, 0.2) is 5.67 Å². The molecule has 0 heterocycles. The summed E-state index contributed by atoms with van der Waals surface area (Å²) in [5, 5.41) is 26.5. The van der Waals surface area contributed by atoms with Crippen molar-refractivity contribution in [1.82, 2.24) is 0 Å². The van der Waals surface area contributed by atoms with E-state index in [0.717, 1.165) is 6.42 Å². The van der Waals surface area contributed by atoms with Gasteiger partial charge in [-0.1, -0.05) is 19.3 Å². The van der Waals surface area contributed by atoms with E-state index in [-0.39, 0.29) is 12.8 Å². The van der Waals surface area contributed by atoms with E-state index in [9.17, 15) is 9.50 Å². The van der Waals surface area contributed by atoms with Gasteiger partial charge < -0.3 is 5.11 Å². The number of rotatable bonds is 1. The van der Waals surface area contributed by atoms with E-state index in [2.05, 4.69) is 0 Å². The van der Waals surface area contributed by atoms with E-state index in [1.54, 1.807) is 0 Å². The smallest absolute Gasteiger partial charge is 0.272 e. The van der Waals surface area contributed by atoms with Crippen LogP contribution in [0.1, 0.15) is 32.1 Å². The summed E-state index contributed by atoms with van der Waals surface area (Å²) in [4.78, 5) is 0. The molecule has 1 saturated carbocycles. The molecule has 0 unspecified atom stereocenters. The first-order valence-corrected chi connectivity index (χ1v) is 4.32. The zero-order chi connectivity index (χ0) is 9.95. The fourth-order valence-corrected chi connectivity index (χ4v) is 1.70. The molecule has 0 radical (unpaired) electrons. The molecule has 0 atom stereocenters. The monoisotopic (exact) mass is 182 g/mol. The van der Waals surface area contributed by atoms with Crippen molar-refractivity contribution in [3.8, 4) is 12.1 Å². The summed E-state index contributed by atoms with van der Waals surface area (Å²) < 4.78 is 13.9. The molecule has 3 nitrogen and oxygen atoms in total. The van der Waals surface area contributed by atoms with Crippen LogP contribution in [0, 0.1) is 22.7 Å². The zero-order valence-electron chi connectivity index (χ0n) is 7.26. The average Bonchev–Trinajstić information content (AvgIpc) is 2.17. The predicted octanol–water partition coefficient (Wildman–Crippen LogP) is 1.44. The summed E-state index contributed by atoms with van der Waals surface area (Å²) in [6.07, 6.45) is 2.36. The molecule has 0 aliphatic heterocycles. The standard InChI is InChI=1S/C9H11FN2O/c10-8(4-2-1-3-5-8)9(13,6-11)7-12/h13H,1-5H2. The molecule has 0 saturated heterocycles. The molecule has 1 aliphatic rings. The Morgan fingerprint density at radius 2 is 1.62 bits per heavy atom. The second-order valence-electron chi connectivity index (χ2n) is 3.46. The highest BCUT2D eigenvalue weighted by atomic mass is 19.1. The number of halogens is 1. The van der Waals surface area contributed by atoms with Gasteiger partial charge in [-0.2, -0.15) is 10.5 Å². The van der Waals surface area contributed by atoms with Crippen molar-refractivity contribution in [2.24, 2.45) is 0 Å². The molecule has 0 bridgehead atoms. The average molecular weight is 182 g/mol. The maximum atomic E-state index is 13.9. The lowest BCUT2D eigenvalue weighted by Crippen LogP contribution is -2.50. The van der Waals surface area contributed by atoms with Crippen molar-refractivity contribution < 1.29 is 9.50 Å². The molecule has 0 aromatic rings. The van der Waals surface area contributed by atoms with Crippen LogP contribution in [0.15, 0.2) is 0 Å². The third-order valence-corrected chi connectivity index (χ3v) is 2.62. The maximum Gasteiger partial charge on any atom is 0.272 e. The van der Waals surface area contributed by atoms with Crippen molar-refractivity contribution in [2.75, 3.05) is 0 Å². The van der Waals surface area contributed by atoms with Gasteiger partial charge in [0.25, 0.3) is 5.60 Å². The van der Waals surface area contributed by atoms with Crippen LogP contribution in [0.5, 0.6) is 0 Å². The van der Waals surface area contributed by atoms with Crippen molar-refractivity contribution >= 4 is 0 Å². The highest BCUT2D eigenvalue weighted by Crippen LogP contribution is 2.39. The Kier molecular flexibility index (Phi) is 2.54. The Bertz CT molecular complexity index is 256. The van der Waals surface area contributed by atoms with Gasteiger partial charge in [0.1, 0.15) is 12.1 Å². The number of hydrogen-bond donors (Lipinski definition) is 1. The Balaban J connectivity index is 2.91. The van der Waals surface area contributed by atoms with E-state index < -0.39 is 11.3 Å². The summed E-state index contributed by atoms with van der Waals surface area (Å²) in [5.41, 5.74) is -4.50. The fourth-order valence-electron chi connectivity index (χ4n) is 1.70. The summed E-state index contributed by atoms with van der Waals surface area (Å²) in [6, 6.07) is 2.72. The van der Waals surface area contributed by atoms with Crippen molar-refractivity contribution in [3.63, 3.8) is 0 Å². The van der Waals surface area contributed by atoms with Gasteiger partial charge in [0, 0.05) is 0 Å². The minimum atomic E-state index is -2.46. The van der Waals surface area contributed by atoms with Crippen LogP contribution < -0.4 is 0 Å². The predicted molar refractivity (Wildman–Crippen MR) is 43.1 cm³/mol. The summed E-state index contributed by atoms with van der Waals surface area (Å²) in [7, 11) is 0. The van der Waals surface area contributed by atoms with Gasteiger partial charge in [-0.25, -0.2) is 4.39 Å². The molecule has 1 fully saturated rings. The van der Waals surface area contributed by atoms with Gasteiger partial charge in [0.2, 0.25) is 0 Å². The topological polar surface area (TPSA) is 67.8 Å². The van der Waals surface area contributed by atoms with Gasteiger partial charge >= 0.3 is 0 Å². The minimum absolute atomic E-state index is 0.102. The van der Waals surface area contributed by atoms with Crippen LogP contribution in [-0.2, 0) is 0 Å². The van der Waals surface area contributed by atoms with Crippen molar-refractivity contribution in [3.05, 3.63) is 0 Å². The van der Waals surface area contributed by atoms with Crippen molar-refractivity contribution in [1.29, 1.82) is 10.5 Å². The molecule has 0 aromatic carbocycles. The lowest BCUT2D eigenvalue weighted by Gasteiger charge is -2.34. The number of aliphatic hydroxyl groups is 1. The summed E-state index contributed by atoms with van der Waals surface area (Å²) >= 11 is 0. The first kappa shape index (κ1) is 9.95. The van der Waals surface area contributed by atoms with Crippen LogP contribution in [0.2, 0.25) is 0 Å². The largest absolute Gasteiger partial charge is 0.362 e. The number of nitrogens with zero attached hydrogens (tertiary/aromatic N) is 2. The van der Waals surface area contributed by atoms with Crippen LogP contribution in [0.3, 0.4) is 0 Å². The second-order valence-corrected chi connectivity index (χ2v) is 3.46. The third-order valence-electron chi connectivity index (χ3n) is 2.62. The van der Waals surface area contributed by atoms with Gasteiger partial charge in [-0.05, 0) is 12.8 Å². The molecule has 13 heavy (non-hydrogen) atoms. The summed E-state index contributed by atoms with van der Waals surface area (Å²) in [5.74, 6) is 0. The molecule has 1 aliphatic carbocycles. The molecule has 70 valence electrons. The van der Waals surface area contributed by atoms with Gasteiger partial charge in [0.05, 0.1) is 0 Å². The Morgan fingerprint density at radius 1 is 1.15 bits per heavy atom. The van der Waals surface area contributed by atoms with E-state index in [0.29, 0.717) is 12.8 Å². The third kappa shape index (κ3) is 1.50. The zero-order valence-corrected chi connectivity index (χ0v) is 7.26. The minimum Gasteiger partial charge on any atom is -0.362 e. The lowest BCUT2D eigenvalue weighted by atomic mass is 9.75. The van der Waals surface area contributed by atoms with E-state index in [1.165, 1.54) is 12.1 Å². The molecule has 4 heteroatoms. The molecule has 0 spiro atoms. The highest BCUT2D eigenvalue weighted by Gasteiger charge is 2.53. The molecular weight excluding hydrogens is 171 g/mol. The van der Waals surface area contributed by atoms with Crippen LogP contribution >= 0.6 is 0 Å². The van der Waals surface area contributed by atoms with Crippen LogP contribution in [0.4, 0.5) is 4.39 Å². The van der Waals surface area contributed by atoms with Gasteiger partial charge in [-0.15, -0.1) is 0 Å². The highest BCUT2D eigenvalue weighted by molar-refractivity contribution is 5.26. The molecule has 0 aromatic heterocycles. The first-order valence-electron chi connectivity index (χ1n) is 4.32. The molecule has 0 amide bonds. The first-order chi connectivity index (χ1) is 6.08.